The highest BCUT2D eigenvalue weighted by molar-refractivity contribution is 5.81. The number of anilines is 2. The number of nitrogens with one attached hydrogen (secondary N) is 2. The van der Waals surface area contributed by atoms with Gasteiger partial charge in [0.2, 0.25) is 5.91 Å². The average molecular weight is 265 g/mol. The van der Waals surface area contributed by atoms with Gasteiger partial charge in [0.1, 0.15) is 18.0 Å². The first-order valence-electron chi connectivity index (χ1n) is 6.42. The topological polar surface area (TPSA) is 70.2 Å². The molecule has 0 unspecified atom stereocenters. The molecule has 0 saturated carbocycles. The van der Waals surface area contributed by atoms with E-state index < -0.39 is 0 Å². The van der Waals surface area contributed by atoms with Crippen LogP contribution in [0.5, 0.6) is 0 Å². The molecule has 2 N–H and O–H groups in total. The fourth-order valence-electron chi connectivity index (χ4n) is 1.74. The third kappa shape index (κ3) is 4.39. The van der Waals surface area contributed by atoms with Crippen molar-refractivity contribution in [2.75, 3.05) is 37.4 Å². The first-order chi connectivity index (χ1) is 8.95. The van der Waals surface area contributed by atoms with Crippen LogP contribution in [-0.2, 0) is 4.79 Å². The van der Waals surface area contributed by atoms with Crippen LogP contribution in [0.3, 0.4) is 0 Å². The normalized spacial score (nSPS) is 10.4. The molecule has 0 atom stereocenters. The molecule has 106 valence electrons. The molecule has 6 heteroatoms. The van der Waals surface area contributed by atoms with Gasteiger partial charge in [0, 0.05) is 26.2 Å². The Morgan fingerprint density at radius 1 is 1.42 bits per heavy atom. The van der Waals surface area contributed by atoms with Gasteiger partial charge in [-0.05, 0) is 12.8 Å². The Labute approximate surface area is 114 Å². The van der Waals surface area contributed by atoms with Gasteiger partial charge in [0.15, 0.2) is 0 Å². The van der Waals surface area contributed by atoms with Gasteiger partial charge in [-0.25, -0.2) is 9.97 Å². The maximum absolute atomic E-state index is 11.8. The fraction of sp³-hybridized carbons (Fsp3) is 0.615. The van der Waals surface area contributed by atoms with Gasteiger partial charge in [-0.2, -0.15) is 0 Å². The van der Waals surface area contributed by atoms with Crippen LogP contribution < -0.4 is 15.5 Å². The third-order valence-corrected chi connectivity index (χ3v) is 2.74. The second-order valence-electron chi connectivity index (χ2n) is 4.97. The minimum atomic E-state index is 0.000204. The molecule has 19 heavy (non-hydrogen) atoms. The Morgan fingerprint density at radius 3 is 2.68 bits per heavy atom. The zero-order valence-corrected chi connectivity index (χ0v) is 12.3. The number of carbonyl (C=O) groups excluding carboxylic acids is 1. The number of aromatic nitrogens is 2. The molecule has 0 fully saturated rings. The molecule has 1 heterocycles. The molecule has 0 spiro atoms. The van der Waals surface area contributed by atoms with E-state index >= 15 is 0 Å². The van der Waals surface area contributed by atoms with E-state index in [2.05, 4.69) is 34.4 Å². The van der Waals surface area contributed by atoms with Crippen molar-refractivity contribution in [3.63, 3.8) is 0 Å². The largest absolute Gasteiger partial charge is 0.373 e. The Bertz CT molecular complexity index is 433. The summed E-state index contributed by atoms with van der Waals surface area (Å²) in [6.45, 7) is 7.05. The van der Waals surface area contributed by atoms with Gasteiger partial charge >= 0.3 is 0 Å². The molecular formula is C13H23N5O. The lowest BCUT2D eigenvalue weighted by molar-refractivity contribution is -0.119. The molecule has 0 radical (unpaired) electrons. The van der Waals surface area contributed by atoms with E-state index in [1.165, 1.54) is 6.33 Å². The molecule has 0 aliphatic heterocycles. The van der Waals surface area contributed by atoms with Crippen LogP contribution in [0.2, 0.25) is 0 Å². The van der Waals surface area contributed by atoms with Crippen LogP contribution in [-0.4, -0.2) is 43.1 Å². The van der Waals surface area contributed by atoms with Crippen molar-refractivity contribution in [2.24, 2.45) is 5.92 Å². The SMILES string of the molecule is CNc1ncnc(N(C)CC(=O)NCC(C)C)c1C. The fourth-order valence-corrected chi connectivity index (χ4v) is 1.74. The number of nitrogens with zero attached hydrogens (tertiary/aromatic N) is 3. The molecule has 0 bridgehead atoms. The number of amides is 1. The molecule has 6 nitrogen and oxygen atoms in total. The van der Waals surface area contributed by atoms with E-state index in [0.717, 1.165) is 17.2 Å². The molecule has 1 aromatic heterocycles. The van der Waals surface area contributed by atoms with E-state index in [1.54, 1.807) is 0 Å². The van der Waals surface area contributed by atoms with Crippen LogP contribution in [0.1, 0.15) is 19.4 Å². The quantitative estimate of drug-likeness (QED) is 0.804. The predicted molar refractivity (Wildman–Crippen MR) is 77.4 cm³/mol. The van der Waals surface area contributed by atoms with E-state index in [0.29, 0.717) is 12.5 Å². The Morgan fingerprint density at radius 2 is 2.11 bits per heavy atom. The first-order valence-corrected chi connectivity index (χ1v) is 6.42. The third-order valence-electron chi connectivity index (χ3n) is 2.74. The number of hydrogen-bond acceptors (Lipinski definition) is 5. The second kappa shape index (κ2) is 6.92. The van der Waals surface area contributed by atoms with Crippen molar-refractivity contribution in [1.29, 1.82) is 0 Å². The van der Waals surface area contributed by atoms with Gasteiger partial charge in [-0.15, -0.1) is 0 Å². The van der Waals surface area contributed by atoms with E-state index in [4.69, 9.17) is 0 Å². The summed E-state index contributed by atoms with van der Waals surface area (Å²) in [7, 11) is 3.66. The molecule has 0 aliphatic rings. The number of likely N-dealkylation sites (N-methyl/N-ethyl adjacent to an activating group) is 1. The van der Waals surface area contributed by atoms with E-state index in [-0.39, 0.29) is 12.5 Å². The first kappa shape index (κ1) is 15.2. The lowest BCUT2D eigenvalue weighted by Gasteiger charge is -2.20. The number of hydrogen-bond donors (Lipinski definition) is 2. The molecule has 1 rings (SSSR count). The summed E-state index contributed by atoms with van der Waals surface area (Å²) in [5.74, 6) is 1.99. The summed E-state index contributed by atoms with van der Waals surface area (Å²) in [5, 5.41) is 5.90. The summed E-state index contributed by atoms with van der Waals surface area (Å²) in [5.41, 5.74) is 0.934. The summed E-state index contributed by atoms with van der Waals surface area (Å²) in [6, 6.07) is 0. The molecule has 0 aliphatic carbocycles. The summed E-state index contributed by atoms with van der Waals surface area (Å²) < 4.78 is 0. The maximum Gasteiger partial charge on any atom is 0.239 e. The smallest absolute Gasteiger partial charge is 0.239 e. The van der Waals surface area contributed by atoms with Crippen molar-refractivity contribution in [1.82, 2.24) is 15.3 Å². The van der Waals surface area contributed by atoms with Crippen LogP contribution in [0.25, 0.3) is 0 Å². The van der Waals surface area contributed by atoms with Crippen molar-refractivity contribution >= 4 is 17.5 Å². The highest BCUT2D eigenvalue weighted by atomic mass is 16.2. The Hall–Kier alpha value is -1.85. The Kier molecular flexibility index (Phi) is 5.54. The highest BCUT2D eigenvalue weighted by Crippen LogP contribution is 2.20. The lowest BCUT2D eigenvalue weighted by atomic mass is 10.2. The van der Waals surface area contributed by atoms with Crippen molar-refractivity contribution in [2.45, 2.75) is 20.8 Å². The minimum absolute atomic E-state index is 0.000204. The molecule has 1 amide bonds. The van der Waals surface area contributed by atoms with Crippen LogP contribution >= 0.6 is 0 Å². The van der Waals surface area contributed by atoms with Gasteiger partial charge in [0.05, 0.1) is 6.54 Å². The highest BCUT2D eigenvalue weighted by Gasteiger charge is 2.13. The predicted octanol–water partition coefficient (Wildman–Crippen LogP) is 1.04. The standard InChI is InChI=1S/C13H23N5O/c1-9(2)6-15-11(19)7-18(5)13-10(3)12(14-4)16-8-17-13/h8-9H,6-7H2,1-5H3,(H,15,19)(H,14,16,17). The average Bonchev–Trinajstić information content (AvgIpc) is 2.36. The summed E-state index contributed by atoms with van der Waals surface area (Å²) >= 11 is 0. The summed E-state index contributed by atoms with van der Waals surface area (Å²) in [4.78, 5) is 22.0. The minimum Gasteiger partial charge on any atom is -0.373 e. The molecule has 0 saturated heterocycles. The molecular weight excluding hydrogens is 242 g/mol. The molecule has 1 aromatic rings. The van der Waals surface area contributed by atoms with Gasteiger partial charge < -0.3 is 15.5 Å². The maximum atomic E-state index is 11.8. The van der Waals surface area contributed by atoms with Crippen molar-refractivity contribution in [3.8, 4) is 0 Å². The summed E-state index contributed by atoms with van der Waals surface area (Å²) in [6.07, 6.45) is 1.50. The van der Waals surface area contributed by atoms with Gasteiger partial charge in [-0.1, -0.05) is 13.8 Å². The van der Waals surface area contributed by atoms with Gasteiger partial charge in [-0.3, -0.25) is 4.79 Å². The lowest BCUT2D eigenvalue weighted by Crippen LogP contribution is -2.37. The zero-order valence-electron chi connectivity index (χ0n) is 12.3. The molecule has 0 aromatic carbocycles. The Balaban J connectivity index is 2.68. The zero-order chi connectivity index (χ0) is 14.4. The monoisotopic (exact) mass is 265 g/mol. The van der Waals surface area contributed by atoms with E-state index in [9.17, 15) is 4.79 Å². The van der Waals surface area contributed by atoms with E-state index in [1.807, 2.05) is 25.9 Å². The van der Waals surface area contributed by atoms with Crippen LogP contribution in [0, 0.1) is 12.8 Å². The number of carbonyl (C=O) groups is 1. The van der Waals surface area contributed by atoms with Crippen molar-refractivity contribution in [3.05, 3.63) is 11.9 Å². The second-order valence-corrected chi connectivity index (χ2v) is 4.97. The van der Waals surface area contributed by atoms with Crippen molar-refractivity contribution < 1.29 is 4.79 Å². The number of rotatable bonds is 6. The van der Waals surface area contributed by atoms with Crippen LogP contribution in [0.15, 0.2) is 6.33 Å². The van der Waals surface area contributed by atoms with Crippen LogP contribution in [0.4, 0.5) is 11.6 Å². The van der Waals surface area contributed by atoms with Gasteiger partial charge in [0.25, 0.3) is 0 Å².